The monoisotopic (exact) mass is 224 g/mol. The van der Waals surface area contributed by atoms with Gasteiger partial charge in [-0.1, -0.05) is 0 Å². The van der Waals surface area contributed by atoms with Crippen LogP contribution in [0.3, 0.4) is 0 Å². The van der Waals surface area contributed by atoms with Crippen LogP contribution in [-0.4, -0.2) is 34.3 Å². The Labute approximate surface area is 94.2 Å². The Morgan fingerprint density at radius 1 is 1.50 bits per heavy atom. The summed E-state index contributed by atoms with van der Waals surface area (Å²) in [5.74, 6) is 0.000688. The molecule has 3 atom stereocenters. The third-order valence-electron chi connectivity index (χ3n) is 3.44. The Kier molecular flexibility index (Phi) is 2.44. The van der Waals surface area contributed by atoms with Crippen LogP contribution in [-0.2, 0) is 9.53 Å². The van der Waals surface area contributed by atoms with Crippen LogP contribution >= 0.6 is 0 Å². The summed E-state index contributed by atoms with van der Waals surface area (Å²) in [7, 11) is 0. The number of ketones is 1. The minimum Gasteiger partial charge on any atom is -0.497 e. The Bertz CT molecular complexity index is 403. The van der Waals surface area contributed by atoms with Crippen molar-refractivity contribution in [2.75, 3.05) is 6.61 Å². The normalized spacial score (nSPS) is 39.1. The average Bonchev–Trinajstić information content (AvgIpc) is 2.24. The van der Waals surface area contributed by atoms with Crippen molar-refractivity contribution in [3.8, 4) is 0 Å². The van der Waals surface area contributed by atoms with E-state index in [1.165, 1.54) is 6.92 Å². The summed E-state index contributed by atoms with van der Waals surface area (Å²) in [5.41, 5.74) is -0.406. The smallest absolute Gasteiger partial charge is 0.192 e. The van der Waals surface area contributed by atoms with Crippen molar-refractivity contribution in [1.82, 2.24) is 0 Å². The summed E-state index contributed by atoms with van der Waals surface area (Å²) in [6.45, 7) is 5.14. The van der Waals surface area contributed by atoms with Gasteiger partial charge in [0.1, 0.15) is 6.10 Å². The fourth-order valence-corrected chi connectivity index (χ4v) is 2.36. The van der Waals surface area contributed by atoms with Gasteiger partial charge in [0.25, 0.3) is 0 Å². The number of fused-ring (bicyclic) bond motifs is 1. The predicted molar refractivity (Wildman–Crippen MR) is 57.5 cm³/mol. The molecule has 1 aliphatic carbocycles. The molecule has 4 nitrogen and oxygen atoms in total. The summed E-state index contributed by atoms with van der Waals surface area (Å²) in [6, 6.07) is 0. The number of carbonyl (C=O) groups excluding carboxylic acids is 1. The van der Waals surface area contributed by atoms with Crippen molar-refractivity contribution < 1.29 is 19.7 Å². The third-order valence-corrected chi connectivity index (χ3v) is 3.44. The zero-order valence-electron chi connectivity index (χ0n) is 9.65. The van der Waals surface area contributed by atoms with Crippen LogP contribution in [0.5, 0.6) is 0 Å². The molecule has 0 aromatic heterocycles. The molecule has 0 fully saturated rings. The van der Waals surface area contributed by atoms with Crippen LogP contribution in [0.2, 0.25) is 0 Å². The van der Waals surface area contributed by atoms with Gasteiger partial charge in [0.15, 0.2) is 11.4 Å². The zero-order valence-corrected chi connectivity index (χ0v) is 9.65. The lowest BCUT2D eigenvalue weighted by Gasteiger charge is -2.41. The molecule has 0 aromatic carbocycles. The molecule has 88 valence electrons. The summed E-state index contributed by atoms with van der Waals surface area (Å²) in [6.07, 6.45) is 0.655. The highest BCUT2D eigenvalue weighted by atomic mass is 16.5. The van der Waals surface area contributed by atoms with E-state index >= 15 is 0 Å². The molecule has 3 unspecified atom stereocenters. The van der Waals surface area contributed by atoms with Gasteiger partial charge in [0, 0.05) is 5.92 Å². The summed E-state index contributed by atoms with van der Waals surface area (Å²) in [4.78, 5) is 11.9. The lowest BCUT2D eigenvalue weighted by Crippen LogP contribution is -2.56. The van der Waals surface area contributed by atoms with E-state index in [1.807, 2.05) is 0 Å². The number of hydrogen-bond acceptors (Lipinski definition) is 4. The number of carbonyl (C=O) groups is 1. The summed E-state index contributed by atoms with van der Waals surface area (Å²) < 4.78 is 5.34. The first kappa shape index (κ1) is 11.4. The maximum atomic E-state index is 11.9. The van der Waals surface area contributed by atoms with Crippen molar-refractivity contribution in [3.05, 3.63) is 23.0 Å². The number of rotatable bonds is 0. The van der Waals surface area contributed by atoms with E-state index in [-0.39, 0.29) is 5.92 Å². The van der Waals surface area contributed by atoms with Crippen LogP contribution in [0, 0.1) is 5.92 Å². The molecule has 1 aliphatic heterocycles. The van der Waals surface area contributed by atoms with Gasteiger partial charge in [0.05, 0.1) is 12.4 Å². The minimum atomic E-state index is -1.71. The maximum Gasteiger partial charge on any atom is 0.192 e. The van der Waals surface area contributed by atoms with E-state index in [0.29, 0.717) is 12.2 Å². The van der Waals surface area contributed by atoms with E-state index in [0.717, 1.165) is 11.3 Å². The summed E-state index contributed by atoms with van der Waals surface area (Å²) in [5, 5.41) is 20.0. The fraction of sp³-hybridized carbons (Fsp3) is 0.583. The Hall–Kier alpha value is -1.13. The predicted octanol–water partition coefficient (Wildman–Crippen LogP) is 0.548. The standard InChI is InChI=1S/C12H16O4/c1-6-4-8-7(2)10(13)12(3,15)11(14)9(8)5-16-6/h4,9,11,14-15H,5H2,1-3H3. The second kappa shape index (κ2) is 3.43. The molecular weight excluding hydrogens is 208 g/mol. The topological polar surface area (TPSA) is 66.8 Å². The van der Waals surface area contributed by atoms with Gasteiger partial charge in [-0.25, -0.2) is 0 Å². The SMILES string of the molecule is CC1=CC2=C(C)C(=O)C(C)(O)C(O)C2CO1. The lowest BCUT2D eigenvalue weighted by atomic mass is 9.71. The fourth-order valence-electron chi connectivity index (χ4n) is 2.36. The number of hydrogen-bond donors (Lipinski definition) is 2. The first-order chi connectivity index (χ1) is 7.35. The lowest BCUT2D eigenvalue weighted by molar-refractivity contribution is -0.151. The van der Waals surface area contributed by atoms with Crippen LogP contribution in [0.25, 0.3) is 0 Å². The highest BCUT2D eigenvalue weighted by Crippen LogP contribution is 2.38. The first-order valence-corrected chi connectivity index (χ1v) is 5.33. The van der Waals surface area contributed by atoms with E-state index in [4.69, 9.17) is 4.74 Å². The van der Waals surface area contributed by atoms with E-state index in [1.54, 1.807) is 19.9 Å². The van der Waals surface area contributed by atoms with Crippen LogP contribution in [0.4, 0.5) is 0 Å². The first-order valence-electron chi connectivity index (χ1n) is 5.33. The molecule has 0 amide bonds. The van der Waals surface area contributed by atoms with Crippen LogP contribution in [0.1, 0.15) is 20.8 Å². The van der Waals surface area contributed by atoms with Gasteiger partial charge >= 0.3 is 0 Å². The number of ether oxygens (including phenoxy) is 1. The molecule has 2 N–H and O–H groups in total. The number of aliphatic hydroxyl groups is 2. The van der Waals surface area contributed by atoms with Crippen LogP contribution < -0.4 is 0 Å². The number of aliphatic hydroxyl groups excluding tert-OH is 1. The zero-order chi connectivity index (χ0) is 12.1. The number of Topliss-reactive ketones (excluding diaryl/α,β-unsaturated/α-hetero) is 1. The van der Waals surface area contributed by atoms with Crippen molar-refractivity contribution in [2.45, 2.75) is 32.5 Å². The average molecular weight is 224 g/mol. The molecule has 0 radical (unpaired) electrons. The maximum absolute atomic E-state index is 11.9. The molecule has 1 heterocycles. The highest BCUT2D eigenvalue weighted by molar-refractivity contribution is 6.03. The van der Waals surface area contributed by atoms with Crippen molar-refractivity contribution >= 4 is 5.78 Å². The number of allylic oxidation sites excluding steroid dienone is 2. The third kappa shape index (κ3) is 1.41. The van der Waals surface area contributed by atoms with Crippen LogP contribution in [0.15, 0.2) is 23.0 Å². The molecule has 4 heteroatoms. The van der Waals surface area contributed by atoms with Gasteiger partial charge in [-0.2, -0.15) is 0 Å². The largest absolute Gasteiger partial charge is 0.497 e. The van der Waals surface area contributed by atoms with Crippen molar-refractivity contribution in [3.63, 3.8) is 0 Å². The van der Waals surface area contributed by atoms with Gasteiger partial charge in [0.2, 0.25) is 0 Å². The molecule has 0 aromatic rings. The quantitative estimate of drug-likeness (QED) is 0.630. The molecule has 2 aliphatic rings. The molecule has 16 heavy (non-hydrogen) atoms. The molecule has 0 saturated carbocycles. The van der Waals surface area contributed by atoms with E-state index in [2.05, 4.69) is 0 Å². The Morgan fingerprint density at radius 3 is 2.75 bits per heavy atom. The van der Waals surface area contributed by atoms with Gasteiger partial charge in [-0.15, -0.1) is 0 Å². The highest BCUT2D eigenvalue weighted by Gasteiger charge is 2.49. The van der Waals surface area contributed by atoms with Gasteiger partial charge < -0.3 is 14.9 Å². The second-order valence-corrected chi connectivity index (χ2v) is 4.67. The van der Waals surface area contributed by atoms with Gasteiger partial charge in [-0.05, 0) is 38.0 Å². The van der Waals surface area contributed by atoms with Gasteiger partial charge in [-0.3, -0.25) is 4.79 Å². The Morgan fingerprint density at radius 2 is 2.12 bits per heavy atom. The molecule has 0 spiro atoms. The van der Waals surface area contributed by atoms with Crippen molar-refractivity contribution in [1.29, 1.82) is 0 Å². The second-order valence-electron chi connectivity index (χ2n) is 4.67. The summed E-state index contributed by atoms with van der Waals surface area (Å²) >= 11 is 0. The van der Waals surface area contributed by atoms with E-state index < -0.39 is 17.5 Å². The molecular formula is C12H16O4. The molecule has 2 rings (SSSR count). The minimum absolute atomic E-state index is 0.305. The Balaban J connectivity index is 2.56. The molecule has 0 bridgehead atoms. The van der Waals surface area contributed by atoms with E-state index in [9.17, 15) is 15.0 Å². The van der Waals surface area contributed by atoms with Crippen molar-refractivity contribution in [2.24, 2.45) is 5.92 Å². The molecule has 0 saturated heterocycles.